The van der Waals surface area contributed by atoms with Crippen molar-refractivity contribution in [1.29, 1.82) is 0 Å². The predicted octanol–water partition coefficient (Wildman–Crippen LogP) is 2.25. The van der Waals surface area contributed by atoms with Crippen LogP contribution in [0, 0.1) is 0 Å². The lowest BCUT2D eigenvalue weighted by atomic mass is 10.0. The van der Waals surface area contributed by atoms with Crippen molar-refractivity contribution in [2.45, 2.75) is 31.4 Å². The second kappa shape index (κ2) is 8.00. The highest BCUT2D eigenvalue weighted by molar-refractivity contribution is 9.10. The minimum atomic E-state index is -0.429. The number of anilines is 2. The van der Waals surface area contributed by atoms with Crippen molar-refractivity contribution in [3.8, 4) is 0 Å². The number of hydrogen-bond donors (Lipinski definition) is 3. The molecule has 0 unspecified atom stereocenters. The molecule has 1 saturated heterocycles. The maximum atomic E-state index is 12.3. The van der Waals surface area contributed by atoms with E-state index in [0.29, 0.717) is 19.6 Å². The largest absolute Gasteiger partial charge is 0.390 e. The smallest absolute Gasteiger partial charge is 0.233 e. The Morgan fingerprint density at radius 2 is 2.15 bits per heavy atom. The number of carbonyl (C=O) groups excluding carboxylic acids is 1. The average Bonchev–Trinajstić information content (AvgIpc) is 3.34. The third kappa shape index (κ3) is 4.34. The standard InChI is InChI=1S/C19H24BrN5O2/c20-13-3-4-16-17(19(27)23-18(16)7-13)9-21-14-8-22-25(10-14)12-15(26)11-24-5-1-2-6-24/h3-4,7-8,10,15,17,21,26H,1-2,5-6,9,11-12H2,(H,23,27)/t15-,17-/m1/s1. The van der Waals surface area contributed by atoms with E-state index in [-0.39, 0.29) is 11.8 Å². The second-order valence-electron chi connectivity index (χ2n) is 7.27. The number of nitrogens with one attached hydrogen (secondary N) is 2. The van der Waals surface area contributed by atoms with E-state index in [0.717, 1.165) is 34.5 Å². The van der Waals surface area contributed by atoms with Crippen molar-refractivity contribution in [1.82, 2.24) is 14.7 Å². The first-order valence-corrected chi connectivity index (χ1v) is 10.1. The fraction of sp³-hybridized carbons (Fsp3) is 0.474. The van der Waals surface area contributed by atoms with E-state index in [1.165, 1.54) is 12.8 Å². The van der Waals surface area contributed by atoms with Gasteiger partial charge in [0.25, 0.3) is 0 Å². The summed E-state index contributed by atoms with van der Waals surface area (Å²) in [4.78, 5) is 14.5. The lowest BCUT2D eigenvalue weighted by Crippen LogP contribution is -2.32. The van der Waals surface area contributed by atoms with Crippen LogP contribution in [-0.2, 0) is 11.3 Å². The number of rotatable bonds is 7. The maximum absolute atomic E-state index is 12.3. The highest BCUT2D eigenvalue weighted by Gasteiger charge is 2.30. The molecule has 144 valence electrons. The molecule has 1 amide bonds. The summed E-state index contributed by atoms with van der Waals surface area (Å²) < 4.78 is 2.70. The quantitative estimate of drug-likeness (QED) is 0.623. The van der Waals surface area contributed by atoms with Crippen molar-refractivity contribution >= 4 is 33.2 Å². The molecule has 0 aliphatic carbocycles. The highest BCUT2D eigenvalue weighted by Crippen LogP contribution is 2.34. The maximum Gasteiger partial charge on any atom is 0.233 e. The van der Waals surface area contributed by atoms with Crippen molar-refractivity contribution < 1.29 is 9.90 Å². The summed E-state index contributed by atoms with van der Waals surface area (Å²) in [6.07, 6.45) is 5.62. The van der Waals surface area contributed by atoms with Gasteiger partial charge in [-0.1, -0.05) is 22.0 Å². The Labute approximate surface area is 166 Å². The van der Waals surface area contributed by atoms with Crippen molar-refractivity contribution in [3.05, 3.63) is 40.6 Å². The fourth-order valence-corrected chi connectivity index (χ4v) is 4.18. The van der Waals surface area contributed by atoms with Gasteiger partial charge in [0.2, 0.25) is 5.91 Å². The van der Waals surface area contributed by atoms with Crippen LogP contribution in [0.5, 0.6) is 0 Å². The normalized spacial score (nSPS) is 20.5. The van der Waals surface area contributed by atoms with Gasteiger partial charge in [0, 0.05) is 29.4 Å². The summed E-state index contributed by atoms with van der Waals surface area (Å²) in [6.45, 7) is 3.81. The Bertz CT molecular complexity index is 818. The van der Waals surface area contributed by atoms with E-state index in [2.05, 4.69) is 36.6 Å². The molecular weight excluding hydrogens is 410 g/mol. The first-order chi connectivity index (χ1) is 13.1. The summed E-state index contributed by atoms with van der Waals surface area (Å²) in [5.74, 6) is -0.221. The number of hydrogen-bond acceptors (Lipinski definition) is 5. The number of benzene rings is 1. The molecule has 2 aliphatic heterocycles. The van der Waals surface area contributed by atoms with Crippen molar-refractivity contribution in [3.63, 3.8) is 0 Å². The van der Waals surface area contributed by atoms with E-state index >= 15 is 0 Å². The van der Waals surface area contributed by atoms with Gasteiger partial charge in [0.05, 0.1) is 30.5 Å². The Morgan fingerprint density at radius 1 is 1.33 bits per heavy atom. The van der Waals surface area contributed by atoms with Gasteiger partial charge >= 0.3 is 0 Å². The van der Waals surface area contributed by atoms with Gasteiger partial charge in [-0.3, -0.25) is 9.48 Å². The van der Waals surface area contributed by atoms with Gasteiger partial charge in [-0.15, -0.1) is 0 Å². The molecule has 8 heteroatoms. The number of fused-ring (bicyclic) bond motifs is 1. The first kappa shape index (κ1) is 18.5. The molecule has 1 aromatic heterocycles. The number of aliphatic hydroxyl groups is 1. The Morgan fingerprint density at radius 3 is 2.96 bits per heavy atom. The molecular formula is C19H24BrN5O2. The second-order valence-corrected chi connectivity index (χ2v) is 8.18. The van der Waals surface area contributed by atoms with Crippen LogP contribution in [-0.4, -0.2) is 58.0 Å². The molecule has 7 nitrogen and oxygen atoms in total. The number of aromatic nitrogens is 2. The summed E-state index contributed by atoms with van der Waals surface area (Å²) >= 11 is 3.43. The summed E-state index contributed by atoms with van der Waals surface area (Å²) in [7, 11) is 0. The molecule has 0 saturated carbocycles. The molecule has 0 radical (unpaired) electrons. The molecule has 1 aromatic carbocycles. The van der Waals surface area contributed by atoms with Gasteiger partial charge in [0.15, 0.2) is 0 Å². The van der Waals surface area contributed by atoms with E-state index in [9.17, 15) is 9.90 Å². The molecule has 0 spiro atoms. The van der Waals surface area contributed by atoms with Crippen LogP contribution in [0.15, 0.2) is 35.1 Å². The van der Waals surface area contributed by atoms with E-state index < -0.39 is 6.10 Å². The first-order valence-electron chi connectivity index (χ1n) is 9.35. The fourth-order valence-electron chi connectivity index (χ4n) is 3.82. The van der Waals surface area contributed by atoms with Gasteiger partial charge in [-0.2, -0.15) is 5.10 Å². The molecule has 2 atom stereocenters. The lowest BCUT2D eigenvalue weighted by molar-refractivity contribution is -0.116. The zero-order valence-corrected chi connectivity index (χ0v) is 16.7. The van der Waals surface area contributed by atoms with Crippen molar-refractivity contribution in [2.75, 3.05) is 36.8 Å². The van der Waals surface area contributed by atoms with Gasteiger partial charge in [-0.25, -0.2) is 0 Å². The van der Waals surface area contributed by atoms with Crippen LogP contribution in [0.25, 0.3) is 0 Å². The summed E-state index contributed by atoms with van der Waals surface area (Å²) in [5.41, 5.74) is 2.72. The van der Waals surface area contributed by atoms with Crippen LogP contribution in [0.4, 0.5) is 11.4 Å². The van der Waals surface area contributed by atoms with Crippen LogP contribution < -0.4 is 10.6 Å². The average molecular weight is 434 g/mol. The van der Waals surface area contributed by atoms with Crippen LogP contribution in [0.3, 0.4) is 0 Å². The monoisotopic (exact) mass is 433 g/mol. The minimum absolute atomic E-state index is 0.00373. The summed E-state index contributed by atoms with van der Waals surface area (Å²) in [5, 5.41) is 20.8. The number of carbonyl (C=O) groups is 1. The zero-order chi connectivity index (χ0) is 18.8. The van der Waals surface area contributed by atoms with Gasteiger partial charge in [-0.05, 0) is 43.6 Å². The predicted molar refractivity (Wildman–Crippen MR) is 108 cm³/mol. The molecule has 2 aromatic rings. The number of amides is 1. The molecule has 27 heavy (non-hydrogen) atoms. The van der Waals surface area contributed by atoms with Crippen LogP contribution in [0.1, 0.15) is 24.3 Å². The molecule has 3 N–H and O–H groups in total. The van der Waals surface area contributed by atoms with Gasteiger partial charge in [0.1, 0.15) is 0 Å². The van der Waals surface area contributed by atoms with E-state index in [1.54, 1.807) is 10.9 Å². The van der Waals surface area contributed by atoms with Crippen LogP contribution >= 0.6 is 15.9 Å². The number of β-amino-alcohol motifs (C(OH)–C–C–N with tert-alkyl or cyclic N) is 1. The Hall–Kier alpha value is -1.90. The number of halogens is 1. The molecule has 1 fully saturated rings. The third-order valence-corrected chi connectivity index (χ3v) is 5.67. The highest BCUT2D eigenvalue weighted by atomic mass is 79.9. The molecule has 4 rings (SSSR count). The van der Waals surface area contributed by atoms with Crippen LogP contribution in [0.2, 0.25) is 0 Å². The Balaban J connectivity index is 1.31. The third-order valence-electron chi connectivity index (χ3n) is 5.17. The number of likely N-dealkylation sites (tertiary alicyclic amines) is 1. The lowest BCUT2D eigenvalue weighted by Gasteiger charge is -2.19. The van der Waals surface area contributed by atoms with E-state index in [1.807, 2.05) is 24.4 Å². The molecule has 0 bridgehead atoms. The zero-order valence-electron chi connectivity index (χ0n) is 15.1. The SMILES string of the molecule is O=C1Nc2cc(Br)ccc2[C@H]1CNc1cnn(C[C@H](O)CN2CCCC2)c1. The number of nitrogens with zero attached hydrogens (tertiary/aromatic N) is 3. The molecule has 3 heterocycles. The molecule has 2 aliphatic rings. The topological polar surface area (TPSA) is 82.4 Å². The minimum Gasteiger partial charge on any atom is -0.390 e. The van der Waals surface area contributed by atoms with Gasteiger partial charge < -0.3 is 20.6 Å². The van der Waals surface area contributed by atoms with Crippen molar-refractivity contribution in [2.24, 2.45) is 0 Å². The van der Waals surface area contributed by atoms with E-state index in [4.69, 9.17) is 0 Å². The Kier molecular flexibility index (Phi) is 5.47. The summed E-state index contributed by atoms with van der Waals surface area (Å²) in [6, 6.07) is 5.85. The number of aliphatic hydroxyl groups excluding tert-OH is 1.